The van der Waals surface area contributed by atoms with Crippen molar-refractivity contribution in [3.63, 3.8) is 0 Å². The molecule has 1 heterocycles. The zero-order valence-corrected chi connectivity index (χ0v) is 10.0. The van der Waals surface area contributed by atoms with E-state index in [9.17, 15) is 0 Å². The number of aryl methyl sites for hydroxylation is 2. The van der Waals surface area contributed by atoms with E-state index in [0.717, 1.165) is 11.4 Å². The van der Waals surface area contributed by atoms with Crippen LogP contribution in [0.15, 0.2) is 35.4 Å². The van der Waals surface area contributed by atoms with Gasteiger partial charge in [0.15, 0.2) is 0 Å². The molecule has 18 heavy (non-hydrogen) atoms. The number of ether oxygens (including phenoxy) is 1. The third kappa shape index (κ3) is 2.96. The summed E-state index contributed by atoms with van der Waals surface area (Å²) in [5.74, 6) is 0.594. The van der Waals surface area contributed by atoms with Crippen LogP contribution in [-0.2, 0) is 0 Å². The number of hydrogen-bond donors (Lipinski definition) is 0. The fraction of sp³-hybridized carbons (Fsp3) is 0.167. The average Bonchev–Trinajstić information content (AvgIpc) is 2.31. The van der Waals surface area contributed by atoms with Crippen LogP contribution in [0.1, 0.15) is 11.4 Å². The summed E-state index contributed by atoms with van der Waals surface area (Å²) in [5, 5.41) is 3.48. The van der Waals surface area contributed by atoms with Gasteiger partial charge in [0, 0.05) is 22.0 Å². The smallest absolute Gasteiger partial charge is 0.322 e. The molecule has 0 atom stereocenters. The van der Waals surface area contributed by atoms with Crippen LogP contribution in [0, 0.1) is 13.8 Å². The van der Waals surface area contributed by atoms with Crippen LogP contribution in [-0.4, -0.2) is 9.97 Å². The van der Waals surface area contributed by atoms with Gasteiger partial charge in [-0.15, -0.1) is 0 Å². The van der Waals surface area contributed by atoms with Crippen LogP contribution in [0.3, 0.4) is 0 Å². The first kappa shape index (κ1) is 11.9. The maximum absolute atomic E-state index is 8.29. The van der Waals surface area contributed by atoms with Crippen molar-refractivity contribution in [3.8, 4) is 11.8 Å². The van der Waals surface area contributed by atoms with E-state index in [0.29, 0.717) is 17.4 Å². The predicted octanol–water partition coefficient (Wildman–Crippen LogP) is 3.83. The van der Waals surface area contributed by atoms with Crippen molar-refractivity contribution < 1.29 is 4.74 Å². The first-order valence-corrected chi connectivity index (χ1v) is 5.32. The van der Waals surface area contributed by atoms with Crippen molar-refractivity contribution in [1.82, 2.24) is 9.97 Å². The van der Waals surface area contributed by atoms with E-state index in [-0.39, 0.29) is 0 Å². The van der Waals surface area contributed by atoms with Crippen LogP contribution < -0.4 is 4.74 Å². The average molecular weight is 241 g/mol. The Bertz CT molecular complexity index is 582. The number of hydrogen-bond acceptors (Lipinski definition) is 4. The van der Waals surface area contributed by atoms with Crippen LogP contribution in [0.4, 0.5) is 5.69 Å². The minimum atomic E-state index is 0.309. The van der Waals surface area contributed by atoms with E-state index in [2.05, 4.69) is 20.0 Å². The topological polar surface area (TPSA) is 83.8 Å². The molecule has 1 aromatic heterocycles. The minimum absolute atomic E-state index is 0.309. The molecule has 6 nitrogen and oxygen atoms in total. The number of nitrogens with zero attached hydrogens (tertiary/aromatic N) is 5. The largest absolute Gasteiger partial charge is 0.424 e. The fourth-order valence-corrected chi connectivity index (χ4v) is 1.48. The van der Waals surface area contributed by atoms with Gasteiger partial charge in [-0.25, -0.2) is 9.97 Å². The summed E-state index contributed by atoms with van der Waals surface area (Å²) < 4.78 is 5.52. The van der Waals surface area contributed by atoms with E-state index < -0.39 is 0 Å². The second-order valence-corrected chi connectivity index (χ2v) is 3.72. The SMILES string of the molecule is Cc1cc(C)nc(Oc2ccc(N=[N+]=[N-])cc2)n1. The van der Waals surface area contributed by atoms with Crippen LogP contribution >= 0.6 is 0 Å². The molecule has 1 aromatic carbocycles. The van der Waals surface area contributed by atoms with Gasteiger partial charge in [0.25, 0.3) is 0 Å². The zero-order valence-electron chi connectivity index (χ0n) is 10.0. The lowest BCUT2D eigenvalue weighted by Crippen LogP contribution is -1.95. The molecule has 0 saturated heterocycles. The number of rotatable bonds is 3. The Morgan fingerprint density at radius 3 is 2.28 bits per heavy atom. The lowest BCUT2D eigenvalue weighted by Gasteiger charge is -2.05. The first-order chi connectivity index (χ1) is 8.67. The van der Waals surface area contributed by atoms with E-state index in [4.69, 9.17) is 10.3 Å². The van der Waals surface area contributed by atoms with Gasteiger partial charge in [0.1, 0.15) is 5.75 Å². The van der Waals surface area contributed by atoms with Crippen molar-refractivity contribution in [2.24, 2.45) is 5.11 Å². The summed E-state index contributed by atoms with van der Waals surface area (Å²) in [5.41, 5.74) is 10.5. The molecule has 0 fully saturated rings. The molecular formula is C12H11N5O. The van der Waals surface area contributed by atoms with Gasteiger partial charge in [0.05, 0.1) is 0 Å². The minimum Gasteiger partial charge on any atom is -0.424 e. The molecular weight excluding hydrogens is 230 g/mol. The third-order valence-corrected chi connectivity index (χ3v) is 2.17. The molecule has 0 N–H and O–H groups in total. The highest BCUT2D eigenvalue weighted by Crippen LogP contribution is 2.22. The summed E-state index contributed by atoms with van der Waals surface area (Å²) >= 11 is 0. The third-order valence-electron chi connectivity index (χ3n) is 2.17. The summed E-state index contributed by atoms with van der Waals surface area (Å²) in [4.78, 5) is 11.0. The molecule has 0 aliphatic rings. The van der Waals surface area contributed by atoms with Crippen molar-refractivity contribution in [3.05, 3.63) is 52.2 Å². The van der Waals surface area contributed by atoms with Gasteiger partial charge in [-0.2, -0.15) is 0 Å². The molecule has 0 saturated carbocycles. The number of aromatic nitrogens is 2. The quantitative estimate of drug-likeness (QED) is 0.465. The van der Waals surface area contributed by atoms with Crippen molar-refractivity contribution >= 4 is 5.69 Å². The van der Waals surface area contributed by atoms with Crippen molar-refractivity contribution in [2.45, 2.75) is 13.8 Å². The maximum Gasteiger partial charge on any atom is 0.322 e. The molecule has 2 aromatic rings. The molecule has 0 bridgehead atoms. The normalized spacial score (nSPS) is 9.67. The highest BCUT2D eigenvalue weighted by atomic mass is 16.5. The van der Waals surface area contributed by atoms with E-state index in [1.54, 1.807) is 24.3 Å². The Morgan fingerprint density at radius 2 is 1.72 bits per heavy atom. The Morgan fingerprint density at radius 1 is 1.11 bits per heavy atom. The molecule has 2 rings (SSSR count). The van der Waals surface area contributed by atoms with Crippen molar-refractivity contribution in [2.75, 3.05) is 0 Å². The van der Waals surface area contributed by atoms with Gasteiger partial charge in [-0.3, -0.25) is 0 Å². The lowest BCUT2D eigenvalue weighted by molar-refractivity contribution is 0.439. The molecule has 0 amide bonds. The maximum atomic E-state index is 8.29. The standard InChI is InChI=1S/C12H11N5O/c1-8-7-9(2)15-12(14-8)18-11-5-3-10(4-6-11)16-17-13/h3-7H,1-2H3. The van der Waals surface area contributed by atoms with Gasteiger partial charge in [-0.05, 0) is 49.7 Å². The Kier molecular flexibility index (Phi) is 3.41. The summed E-state index contributed by atoms with van der Waals surface area (Å²) in [6.07, 6.45) is 0. The summed E-state index contributed by atoms with van der Waals surface area (Å²) in [6, 6.07) is 8.91. The second kappa shape index (κ2) is 5.16. The zero-order chi connectivity index (χ0) is 13.0. The van der Waals surface area contributed by atoms with Gasteiger partial charge >= 0.3 is 6.01 Å². The Labute approximate surface area is 104 Å². The monoisotopic (exact) mass is 241 g/mol. The fourth-order valence-electron chi connectivity index (χ4n) is 1.48. The van der Waals surface area contributed by atoms with Gasteiger partial charge in [-0.1, -0.05) is 5.11 Å². The number of benzene rings is 1. The van der Waals surface area contributed by atoms with Gasteiger partial charge in [0.2, 0.25) is 0 Å². The first-order valence-electron chi connectivity index (χ1n) is 5.32. The Balaban J connectivity index is 2.20. The molecule has 0 aliphatic carbocycles. The molecule has 0 radical (unpaired) electrons. The summed E-state index contributed by atoms with van der Waals surface area (Å²) in [7, 11) is 0. The van der Waals surface area contributed by atoms with Crippen LogP contribution in [0.5, 0.6) is 11.8 Å². The predicted molar refractivity (Wildman–Crippen MR) is 66.8 cm³/mol. The van der Waals surface area contributed by atoms with Gasteiger partial charge < -0.3 is 4.74 Å². The van der Waals surface area contributed by atoms with E-state index in [1.165, 1.54) is 0 Å². The molecule has 90 valence electrons. The highest BCUT2D eigenvalue weighted by Gasteiger charge is 2.02. The van der Waals surface area contributed by atoms with E-state index >= 15 is 0 Å². The van der Waals surface area contributed by atoms with Crippen molar-refractivity contribution in [1.29, 1.82) is 0 Å². The Hall–Kier alpha value is -2.59. The van der Waals surface area contributed by atoms with E-state index in [1.807, 2.05) is 19.9 Å². The number of azide groups is 1. The highest BCUT2D eigenvalue weighted by molar-refractivity contribution is 5.41. The lowest BCUT2D eigenvalue weighted by atomic mass is 10.3. The van der Waals surface area contributed by atoms with Crippen LogP contribution in [0.2, 0.25) is 0 Å². The van der Waals surface area contributed by atoms with Crippen LogP contribution in [0.25, 0.3) is 10.4 Å². The molecule has 0 unspecified atom stereocenters. The molecule has 6 heteroatoms. The summed E-state index contributed by atoms with van der Waals surface area (Å²) in [6.45, 7) is 3.76. The molecule has 0 aliphatic heterocycles. The second-order valence-electron chi connectivity index (χ2n) is 3.72. The molecule has 0 spiro atoms.